The number of nitrogens with one attached hydrogen (secondary N) is 1. The Morgan fingerprint density at radius 2 is 1.93 bits per heavy atom. The molecule has 0 aromatic carbocycles. The van der Waals surface area contributed by atoms with Gasteiger partial charge in [-0.3, -0.25) is 9.59 Å². The zero-order chi connectivity index (χ0) is 21.5. The summed E-state index contributed by atoms with van der Waals surface area (Å²) in [6.07, 6.45) is 6.47. The van der Waals surface area contributed by atoms with E-state index in [2.05, 4.69) is 32.2 Å². The molecule has 0 bridgehead atoms. The van der Waals surface area contributed by atoms with Gasteiger partial charge in [-0.25, -0.2) is 0 Å². The number of rotatable bonds is 3. The number of carbonyl (C=O) groups excluding carboxylic acids is 2. The van der Waals surface area contributed by atoms with Gasteiger partial charge >= 0.3 is 0 Å². The second-order valence-corrected chi connectivity index (χ2v) is 11.0. The van der Waals surface area contributed by atoms with Crippen molar-refractivity contribution < 1.29 is 14.0 Å². The Bertz CT molecular complexity index is 929. The second-order valence-electron chi connectivity index (χ2n) is 9.84. The number of carbonyl (C=O) groups is 2. The summed E-state index contributed by atoms with van der Waals surface area (Å²) in [4.78, 5) is 29.7. The molecule has 1 unspecified atom stereocenters. The molecule has 1 aliphatic heterocycles. The molecule has 2 aliphatic rings. The van der Waals surface area contributed by atoms with Crippen LogP contribution < -0.4 is 5.32 Å². The van der Waals surface area contributed by atoms with Crippen LogP contribution in [0.3, 0.4) is 0 Å². The van der Waals surface area contributed by atoms with Crippen LogP contribution in [0.5, 0.6) is 0 Å². The lowest BCUT2D eigenvalue weighted by Crippen LogP contribution is -2.46. The maximum absolute atomic E-state index is 13.1. The molecule has 3 heterocycles. The molecule has 162 valence electrons. The van der Waals surface area contributed by atoms with Crippen molar-refractivity contribution in [2.75, 3.05) is 13.1 Å². The number of fused-ring (bicyclic) bond motifs is 1. The van der Waals surface area contributed by atoms with E-state index in [1.807, 2.05) is 11.8 Å². The normalized spacial score (nSPS) is 20.1. The van der Waals surface area contributed by atoms with Crippen molar-refractivity contribution in [3.05, 3.63) is 45.0 Å². The number of furan rings is 1. The Balaban J connectivity index is 1.33. The highest BCUT2D eigenvalue weighted by atomic mass is 32.1. The summed E-state index contributed by atoms with van der Waals surface area (Å²) in [6, 6.07) is 4.02. The van der Waals surface area contributed by atoms with Gasteiger partial charge in [0.1, 0.15) is 0 Å². The summed E-state index contributed by atoms with van der Waals surface area (Å²) < 4.78 is 5.28. The Kier molecular flexibility index (Phi) is 5.80. The molecule has 4 rings (SSSR count). The fourth-order valence-electron chi connectivity index (χ4n) is 4.61. The first-order chi connectivity index (χ1) is 14.2. The largest absolute Gasteiger partial charge is 0.459 e. The van der Waals surface area contributed by atoms with Crippen LogP contribution in [0.4, 0.5) is 0 Å². The van der Waals surface area contributed by atoms with Gasteiger partial charge in [0.25, 0.3) is 11.8 Å². The fraction of sp³-hybridized carbons (Fsp3) is 0.583. The molecule has 1 atom stereocenters. The second kappa shape index (κ2) is 8.22. The molecule has 2 aromatic rings. The molecule has 30 heavy (non-hydrogen) atoms. The number of piperidine rings is 1. The number of hydrogen-bond donors (Lipinski definition) is 1. The Morgan fingerprint density at radius 1 is 1.20 bits per heavy atom. The molecule has 5 nitrogen and oxygen atoms in total. The molecule has 2 amide bonds. The average Bonchev–Trinajstić information content (AvgIpc) is 3.32. The van der Waals surface area contributed by atoms with Crippen molar-refractivity contribution in [1.82, 2.24) is 10.2 Å². The molecular formula is C24H32N2O3S. The van der Waals surface area contributed by atoms with Gasteiger partial charge in [-0.15, -0.1) is 11.3 Å². The standard InChI is InChI=1S/C24H32N2O3S/c1-15-9-12-29-21(15)22(27)25-18-7-10-26(11-8-18)23(28)20-14-16-13-17(24(2,3)4)5-6-19(16)30-20/h9,12,14,17-18H,5-8,10-11,13H2,1-4H3,(H,25,27). The van der Waals surface area contributed by atoms with Gasteiger partial charge in [0, 0.05) is 29.6 Å². The molecule has 0 saturated carbocycles. The highest BCUT2D eigenvalue weighted by Gasteiger charge is 2.32. The predicted molar refractivity (Wildman–Crippen MR) is 119 cm³/mol. The highest BCUT2D eigenvalue weighted by Crippen LogP contribution is 2.40. The van der Waals surface area contributed by atoms with Gasteiger partial charge in [-0.1, -0.05) is 20.8 Å². The Morgan fingerprint density at radius 3 is 2.57 bits per heavy atom. The molecule has 1 saturated heterocycles. The molecule has 6 heteroatoms. The van der Waals surface area contributed by atoms with Crippen LogP contribution in [0.1, 0.15) is 76.3 Å². The summed E-state index contributed by atoms with van der Waals surface area (Å²) >= 11 is 1.69. The molecule has 1 aliphatic carbocycles. The van der Waals surface area contributed by atoms with Crippen LogP contribution in [-0.4, -0.2) is 35.8 Å². The minimum atomic E-state index is -0.165. The van der Waals surface area contributed by atoms with Crippen LogP contribution >= 0.6 is 11.3 Å². The van der Waals surface area contributed by atoms with Crippen molar-refractivity contribution in [3.8, 4) is 0 Å². The number of likely N-dealkylation sites (tertiary alicyclic amines) is 1. The predicted octanol–water partition coefficient (Wildman–Crippen LogP) is 4.84. The summed E-state index contributed by atoms with van der Waals surface area (Å²) in [5, 5.41) is 3.05. The van der Waals surface area contributed by atoms with E-state index < -0.39 is 0 Å². The SMILES string of the molecule is Cc1ccoc1C(=O)NC1CCN(C(=O)c2cc3c(s2)CCC(C(C)(C)C)C3)CC1. The summed E-state index contributed by atoms with van der Waals surface area (Å²) in [6.45, 7) is 10.2. The van der Waals surface area contributed by atoms with Crippen LogP contribution in [0.15, 0.2) is 22.8 Å². The first-order valence-corrected chi connectivity index (χ1v) is 11.8. The maximum Gasteiger partial charge on any atom is 0.287 e. The van der Waals surface area contributed by atoms with E-state index in [4.69, 9.17) is 4.42 Å². The number of hydrogen-bond acceptors (Lipinski definition) is 4. The van der Waals surface area contributed by atoms with E-state index in [9.17, 15) is 9.59 Å². The van der Waals surface area contributed by atoms with Crippen molar-refractivity contribution in [1.29, 1.82) is 0 Å². The van der Waals surface area contributed by atoms with Crippen LogP contribution in [0, 0.1) is 18.3 Å². The maximum atomic E-state index is 13.1. The Labute approximate surface area is 182 Å². The van der Waals surface area contributed by atoms with E-state index in [0.717, 1.165) is 36.1 Å². The third kappa shape index (κ3) is 4.34. The summed E-state index contributed by atoms with van der Waals surface area (Å²) in [5.41, 5.74) is 2.53. The van der Waals surface area contributed by atoms with E-state index in [0.29, 0.717) is 30.2 Å². The minimum Gasteiger partial charge on any atom is -0.459 e. The van der Waals surface area contributed by atoms with E-state index in [-0.39, 0.29) is 17.9 Å². The minimum absolute atomic E-state index is 0.0788. The molecule has 0 spiro atoms. The molecular weight excluding hydrogens is 396 g/mol. The lowest BCUT2D eigenvalue weighted by Gasteiger charge is -2.33. The fourth-order valence-corrected chi connectivity index (χ4v) is 5.78. The van der Waals surface area contributed by atoms with Gasteiger partial charge in [0.05, 0.1) is 11.1 Å². The Hall–Kier alpha value is -2.08. The highest BCUT2D eigenvalue weighted by molar-refractivity contribution is 7.14. The lowest BCUT2D eigenvalue weighted by molar-refractivity contribution is 0.0700. The first kappa shape index (κ1) is 21.2. The van der Waals surface area contributed by atoms with Crippen LogP contribution in [0.25, 0.3) is 0 Å². The van der Waals surface area contributed by atoms with Crippen molar-refractivity contribution >= 4 is 23.2 Å². The van der Waals surface area contributed by atoms with Crippen LogP contribution in [0.2, 0.25) is 0 Å². The van der Waals surface area contributed by atoms with Gasteiger partial charge < -0.3 is 14.6 Å². The molecule has 0 radical (unpaired) electrons. The molecule has 2 aromatic heterocycles. The van der Waals surface area contributed by atoms with E-state index in [1.54, 1.807) is 17.4 Å². The van der Waals surface area contributed by atoms with Gasteiger partial charge in [0.15, 0.2) is 5.76 Å². The van der Waals surface area contributed by atoms with Crippen molar-refractivity contribution in [3.63, 3.8) is 0 Å². The van der Waals surface area contributed by atoms with Crippen LogP contribution in [-0.2, 0) is 12.8 Å². The summed E-state index contributed by atoms with van der Waals surface area (Å²) in [7, 11) is 0. The molecule has 1 N–H and O–H groups in total. The zero-order valence-corrected chi connectivity index (χ0v) is 19.2. The van der Waals surface area contributed by atoms with Gasteiger partial charge in [-0.05, 0) is 68.1 Å². The number of aryl methyl sites for hydroxylation is 2. The monoisotopic (exact) mass is 428 g/mol. The molecule has 1 fully saturated rings. The van der Waals surface area contributed by atoms with Gasteiger partial charge in [0.2, 0.25) is 0 Å². The van der Waals surface area contributed by atoms with Crippen molar-refractivity contribution in [2.24, 2.45) is 11.3 Å². The smallest absolute Gasteiger partial charge is 0.287 e. The number of nitrogens with zero attached hydrogens (tertiary/aromatic N) is 1. The number of amides is 2. The van der Waals surface area contributed by atoms with Crippen molar-refractivity contribution in [2.45, 2.75) is 65.8 Å². The zero-order valence-electron chi connectivity index (χ0n) is 18.4. The van der Waals surface area contributed by atoms with E-state index in [1.165, 1.54) is 23.1 Å². The topological polar surface area (TPSA) is 62.6 Å². The third-order valence-corrected chi connectivity index (χ3v) is 7.93. The van der Waals surface area contributed by atoms with E-state index >= 15 is 0 Å². The summed E-state index contributed by atoms with van der Waals surface area (Å²) in [5.74, 6) is 1.04. The quantitative estimate of drug-likeness (QED) is 0.761. The first-order valence-electron chi connectivity index (χ1n) is 11.0. The number of thiophene rings is 1. The average molecular weight is 429 g/mol. The third-order valence-electron chi connectivity index (χ3n) is 6.70. The van der Waals surface area contributed by atoms with Gasteiger partial charge in [-0.2, -0.15) is 0 Å². The lowest BCUT2D eigenvalue weighted by atomic mass is 9.72.